The fraction of sp³-hybridized carbons (Fsp3) is 0.308. The standard InChI is InChI=1S/C26H29N5O3/c1-34-13-7-3-6-10-23-26(33)31(24(17-28-23)19-8-4-2-5-9-19)18-25(32)29-16-21-14-20-15-27-12-11-22(20)30-21/h2,4-5,8-9,11-12,14-15,17,30H,3,6-7,10,13,16,18H2,1H3,(H,29,32). The van der Waals surface area contributed by atoms with Crippen LogP contribution in [0, 0.1) is 0 Å². The van der Waals surface area contributed by atoms with E-state index in [0.717, 1.165) is 41.4 Å². The van der Waals surface area contributed by atoms with E-state index in [9.17, 15) is 9.59 Å². The number of aryl methyl sites for hydroxylation is 1. The highest BCUT2D eigenvalue weighted by molar-refractivity contribution is 5.80. The molecule has 8 nitrogen and oxygen atoms in total. The highest BCUT2D eigenvalue weighted by Crippen LogP contribution is 2.17. The quantitative estimate of drug-likeness (QED) is 0.335. The molecule has 34 heavy (non-hydrogen) atoms. The summed E-state index contributed by atoms with van der Waals surface area (Å²) in [5, 5.41) is 3.90. The largest absolute Gasteiger partial charge is 0.385 e. The Balaban J connectivity index is 1.50. The minimum absolute atomic E-state index is 0.0793. The van der Waals surface area contributed by atoms with Gasteiger partial charge in [-0.2, -0.15) is 0 Å². The summed E-state index contributed by atoms with van der Waals surface area (Å²) in [4.78, 5) is 38.0. The molecule has 4 rings (SSSR count). The molecule has 4 aromatic rings. The average Bonchev–Trinajstić information content (AvgIpc) is 3.28. The number of carbonyl (C=O) groups is 1. The maximum Gasteiger partial charge on any atom is 0.273 e. The zero-order valence-electron chi connectivity index (χ0n) is 19.3. The molecule has 1 aromatic carbocycles. The second-order valence-electron chi connectivity index (χ2n) is 8.19. The van der Waals surface area contributed by atoms with Crippen LogP contribution in [0.3, 0.4) is 0 Å². The molecule has 3 aromatic heterocycles. The number of unbranched alkanes of at least 4 members (excludes halogenated alkanes) is 2. The monoisotopic (exact) mass is 459 g/mol. The van der Waals surface area contributed by atoms with Crippen molar-refractivity contribution in [2.45, 2.75) is 38.8 Å². The number of pyridine rings is 1. The zero-order valence-corrected chi connectivity index (χ0v) is 19.3. The van der Waals surface area contributed by atoms with Crippen LogP contribution < -0.4 is 10.9 Å². The van der Waals surface area contributed by atoms with E-state index < -0.39 is 0 Å². The van der Waals surface area contributed by atoms with E-state index in [2.05, 4.69) is 20.3 Å². The lowest BCUT2D eigenvalue weighted by atomic mass is 10.1. The van der Waals surface area contributed by atoms with Gasteiger partial charge in [0.2, 0.25) is 5.91 Å². The van der Waals surface area contributed by atoms with Gasteiger partial charge < -0.3 is 15.0 Å². The number of nitrogens with zero attached hydrogens (tertiary/aromatic N) is 3. The van der Waals surface area contributed by atoms with Crippen molar-refractivity contribution in [2.24, 2.45) is 0 Å². The summed E-state index contributed by atoms with van der Waals surface area (Å²) in [6, 6.07) is 13.4. The Kier molecular flexibility index (Phi) is 7.83. The van der Waals surface area contributed by atoms with E-state index in [1.807, 2.05) is 42.5 Å². The van der Waals surface area contributed by atoms with Crippen molar-refractivity contribution in [2.75, 3.05) is 13.7 Å². The maximum atomic E-state index is 13.3. The SMILES string of the molecule is COCCCCCc1ncc(-c2ccccc2)n(CC(=O)NCc2cc3cnccc3[nH]2)c1=O. The van der Waals surface area contributed by atoms with Crippen molar-refractivity contribution in [1.82, 2.24) is 24.8 Å². The minimum Gasteiger partial charge on any atom is -0.385 e. The molecule has 176 valence electrons. The van der Waals surface area contributed by atoms with Gasteiger partial charge in [0, 0.05) is 42.7 Å². The van der Waals surface area contributed by atoms with E-state index >= 15 is 0 Å². The third kappa shape index (κ3) is 5.77. The Morgan fingerprint density at radius 3 is 2.76 bits per heavy atom. The Hall–Kier alpha value is -3.78. The summed E-state index contributed by atoms with van der Waals surface area (Å²) in [5.41, 5.74) is 3.56. The van der Waals surface area contributed by atoms with Gasteiger partial charge in [0.15, 0.2) is 0 Å². The van der Waals surface area contributed by atoms with Crippen LogP contribution in [0.15, 0.2) is 65.8 Å². The summed E-state index contributed by atoms with van der Waals surface area (Å²) in [7, 11) is 1.68. The van der Waals surface area contributed by atoms with Crippen LogP contribution in [-0.2, 0) is 29.0 Å². The molecule has 0 saturated heterocycles. The van der Waals surface area contributed by atoms with Crippen LogP contribution >= 0.6 is 0 Å². The predicted molar refractivity (Wildman–Crippen MR) is 131 cm³/mol. The van der Waals surface area contributed by atoms with Crippen LogP contribution in [0.5, 0.6) is 0 Å². The van der Waals surface area contributed by atoms with Crippen molar-refractivity contribution < 1.29 is 9.53 Å². The average molecular weight is 460 g/mol. The van der Waals surface area contributed by atoms with E-state index in [0.29, 0.717) is 31.0 Å². The first-order valence-electron chi connectivity index (χ1n) is 11.5. The van der Waals surface area contributed by atoms with Crippen molar-refractivity contribution in [3.05, 3.63) is 82.8 Å². The molecule has 0 unspecified atom stereocenters. The van der Waals surface area contributed by atoms with Crippen molar-refractivity contribution in [1.29, 1.82) is 0 Å². The number of methoxy groups -OCH3 is 1. The first kappa shape index (κ1) is 23.4. The number of hydrogen-bond acceptors (Lipinski definition) is 5. The van der Waals surface area contributed by atoms with Gasteiger partial charge in [-0.1, -0.05) is 36.8 Å². The summed E-state index contributed by atoms with van der Waals surface area (Å²) in [6.45, 7) is 0.960. The molecule has 8 heteroatoms. The van der Waals surface area contributed by atoms with Crippen LogP contribution in [0.2, 0.25) is 0 Å². The van der Waals surface area contributed by atoms with E-state index in [1.165, 1.54) is 4.57 Å². The first-order valence-corrected chi connectivity index (χ1v) is 11.5. The summed E-state index contributed by atoms with van der Waals surface area (Å²) < 4.78 is 6.61. The molecule has 0 atom stereocenters. The molecule has 2 N–H and O–H groups in total. The minimum atomic E-state index is -0.242. The highest BCUT2D eigenvalue weighted by atomic mass is 16.5. The number of amides is 1. The zero-order chi connectivity index (χ0) is 23.8. The van der Waals surface area contributed by atoms with Gasteiger partial charge in [0.25, 0.3) is 5.56 Å². The van der Waals surface area contributed by atoms with Gasteiger partial charge in [-0.15, -0.1) is 0 Å². The second-order valence-corrected chi connectivity index (χ2v) is 8.19. The number of ether oxygens (including phenoxy) is 1. The van der Waals surface area contributed by atoms with E-state index in [1.54, 1.807) is 25.7 Å². The molecule has 0 radical (unpaired) electrons. The number of aromatic amines is 1. The lowest BCUT2D eigenvalue weighted by Crippen LogP contribution is -2.34. The van der Waals surface area contributed by atoms with Crippen molar-refractivity contribution in [3.63, 3.8) is 0 Å². The molecular weight excluding hydrogens is 430 g/mol. The highest BCUT2D eigenvalue weighted by Gasteiger charge is 2.15. The number of hydrogen-bond donors (Lipinski definition) is 2. The van der Waals surface area contributed by atoms with Gasteiger partial charge in [-0.25, -0.2) is 0 Å². The summed E-state index contributed by atoms with van der Waals surface area (Å²) in [6.07, 6.45) is 8.50. The van der Waals surface area contributed by atoms with Crippen LogP contribution in [0.4, 0.5) is 0 Å². The number of nitrogens with one attached hydrogen (secondary N) is 2. The van der Waals surface area contributed by atoms with Crippen LogP contribution in [0.25, 0.3) is 22.2 Å². The summed E-state index contributed by atoms with van der Waals surface area (Å²) >= 11 is 0. The lowest BCUT2D eigenvalue weighted by molar-refractivity contribution is -0.121. The smallest absolute Gasteiger partial charge is 0.273 e. The molecule has 0 spiro atoms. The van der Waals surface area contributed by atoms with Gasteiger partial charge >= 0.3 is 0 Å². The molecule has 0 aliphatic heterocycles. The topological polar surface area (TPSA) is 102 Å². The van der Waals surface area contributed by atoms with Gasteiger partial charge in [-0.05, 0) is 37.0 Å². The second kappa shape index (κ2) is 11.4. The third-order valence-corrected chi connectivity index (χ3v) is 5.71. The van der Waals surface area contributed by atoms with Gasteiger partial charge in [0.05, 0.1) is 18.4 Å². The maximum absolute atomic E-state index is 13.3. The first-order chi connectivity index (χ1) is 16.7. The van der Waals surface area contributed by atoms with Crippen molar-refractivity contribution >= 4 is 16.8 Å². The number of benzene rings is 1. The number of carbonyl (C=O) groups excluding carboxylic acids is 1. The van der Waals surface area contributed by atoms with Crippen LogP contribution in [0.1, 0.15) is 30.7 Å². The van der Waals surface area contributed by atoms with E-state index in [-0.39, 0.29) is 18.0 Å². The van der Waals surface area contributed by atoms with Gasteiger partial charge in [0.1, 0.15) is 12.2 Å². The molecule has 0 saturated carbocycles. The number of aromatic nitrogens is 4. The molecule has 0 bridgehead atoms. The fourth-order valence-corrected chi connectivity index (χ4v) is 3.93. The summed E-state index contributed by atoms with van der Waals surface area (Å²) in [5.74, 6) is -0.242. The molecule has 0 fully saturated rings. The number of rotatable bonds is 11. The van der Waals surface area contributed by atoms with E-state index in [4.69, 9.17) is 4.74 Å². The number of fused-ring (bicyclic) bond motifs is 1. The Labute approximate surface area is 198 Å². The van der Waals surface area contributed by atoms with Crippen molar-refractivity contribution in [3.8, 4) is 11.3 Å². The Morgan fingerprint density at radius 1 is 1.12 bits per heavy atom. The molecule has 3 heterocycles. The fourth-order valence-electron chi connectivity index (χ4n) is 3.93. The Bertz CT molecular complexity index is 1260. The normalized spacial score (nSPS) is 11.1. The molecule has 1 amide bonds. The predicted octanol–water partition coefficient (Wildman–Crippen LogP) is 3.46. The molecule has 0 aliphatic carbocycles. The molecule has 0 aliphatic rings. The number of H-pyrrole nitrogens is 1. The van der Waals surface area contributed by atoms with Gasteiger partial charge in [-0.3, -0.25) is 24.1 Å². The Morgan fingerprint density at radius 2 is 1.97 bits per heavy atom. The van der Waals surface area contributed by atoms with Crippen LogP contribution in [-0.4, -0.2) is 39.1 Å². The lowest BCUT2D eigenvalue weighted by Gasteiger charge is -2.14. The third-order valence-electron chi connectivity index (χ3n) is 5.71. The molecular formula is C26H29N5O3.